The monoisotopic (exact) mass is 226 g/mol. The Morgan fingerprint density at radius 1 is 1.44 bits per heavy atom. The van der Waals surface area contributed by atoms with Crippen molar-refractivity contribution in [2.75, 3.05) is 13.1 Å². The Labute approximate surface area is 97.1 Å². The molecule has 2 atom stereocenters. The standard InChI is InChI=1S/C12H22N2O2/c1-11(2,3)16-10(15)14-6-4-9-8-12(9,13)5-7-14/h9H,4-8,13H2,1-3H3. The normalized spacial score (nSPS) is 34.0. The number of carbonyl (C=O) groups is 1. The molecule has 1 aliphatic heterocycles. The average molecular weight is 226 g/mol. The van der Waals surface area contributed by atoms with E-state index in [1.165, 1.54) is 0 Å². The second-order valence-electron chi connectivity index (χ2n) is 6.14. The Kier molecular flexibility index (Phi) is 2.65. The molecule has 1 amide bonds. The Balaban J connectivity index is 1.89. The van der Waals surface area contributed by atoms with Crippen molar-refractivity contribution in [1.29, 1.82) is 0 Å². The summed E-state index contributed by atoms with van der Waals surface area (Å²) in [6.07, 6.45) is 2.87. The van der Waals surface area contributed by atoms with Crippen LogP contribution in [0, 0.1) is 5.92 Å². The molecule has 4 heteroatoms. The van der Waals surface area contributed by atoms with E-state index in [1.54, 1.807) is 4.90 Å². The van der Waals surface area contributed by atoms with Gasteiger partial charge in [0.2, 0.25) is 0 Å². The molecular formula is C12H22N2O2. The van der Waals surface area contributed by atoms with Crippen molar-refractivity contribution in [3.8, 4) is 0 Å². The van der Waals surface area contributed by atoms with Crippen LogP contribution in [0.1, 0.15) is 40.0 Å². The highest BCUT2D eigenvalue weighted by molar-refractivity contribution is 5.68. The number of hydrogen-bond donors (Lipinski definition) is 1. The largest absolute Gasteiger partial charge is 0.444 e. The first-order valence-corrected chi connectivity index (χ1v) is 6.07. The van der Waals surface area contributed by atoms with Gasteiger partial charge in [-0.25, -0.2) is 4.79 Å². The molecule has 2 aliphatic rings. The minimum atomic E-state index is -0.410. The van der Waals surface area contributed by atoms with E-state index in [4.69, 9.17) is 10.5 Å². The van der Waals surface area contributed by atoms with Crippen LogP contribution in [0.4, 0.5) is 4.79 Å². The van der Waals surface area contributed by atoms with Crippen LogP contribution < -0.4 is 5.73 Å². The van der Waals surface area contributed by atoms with E-state index in [0.29, 0.717) is 5.92 Å². The predicted octanol–water partition coefficient (Wildman–Crippen LogP) is 1.73. The number of carbonyl (C=O) groups excluding carboxylic acids is 1. The summed E-state index contributed by atoms with van der Waals surface area (Å²) in [5.74, 6) is 0.625. The SMILES string of the molecule is CC(C)(C)OC(=O)N1CCC2CC2(N)CC1. The Morgan fingerprint density at radius 3 is 2.75 bits per heavy atom. The first-order chi connectivity index (χ1) is 7.30. The summed E-state index contributed by atoms with van der Waals surface area (Å²) >= 11 is 0. The van der Waals surface area contributed by atoms with E-state index >= 15 is 0 Å². The van der Waals surface area contributed by atoms with Gasteiger partial charge in [-0.05, 0) is 46.0 Å². The van der Waals surface area contributed by atoms with Gasteiger partial charge in [0.15, 0.2) is 0 Å². The lowest BCUT2D eigenvalue weighted by Gasteiger charge is -2.26. The number of fused-ring (bicyclic) bond motifs is 1. The molecule has 2 unspecified atom stereocenters. The molecule has 2 rings (SSSR count). The second-order valence-corrected chi connectivity index (χ2v) is 6.14. The number of likely N-dealkylation sites (tertiary alicyclic amines) is 1. The van der Waals surface area contributed by atoms with E-state index in [9.17, 15) is 4.79 Å². The van der Waals surface area contributed by atoms with Crippen LogP contribution in [0.2, 0.25) is 0 Å². The summed E-state index contributed by atoms with van der Waals surface area (Å²) < 4.78 is 5.36. The summed E-state index contributed by atoms with van der Waals surface area (Å²) in [4.78, 5) is 13.7. The van der Waals surface area contributed by atoms with Crippen LogP contribution in [0.5, 0.6) is 0 Å². The number of hydrogen-bond acceptors (Lipinski definition) is 3. The van der Waals surface area contributed by atoms with Gasteiger partial charge in [-0.3, -0.25) is 0 Å². The molecule has 1 heterocycles. The number of nitrogens with two attached hydrogens (primary N) is 1. The first-order valence-electron chi connectivity index (χ1n) is 6.07. The van der Waals surface area contributed by atoms with Gasteiger partial charge >= 0.3 is 6.09 Å². The minimum absolute atomic E-state index is 0.0246. The topological polar surface area (TPSA) is 55.6 Å². The first kappa shape index (κ1) is 11.7. The molecule has 1 saturated heterocycles. The molecule has 0 radical (unpaired) electrons. The zero-order valence-corrected chi connectivity index (χ0v) is 10.5. The lowest BCUT2D eigenvalue weighted by molar-refractivity contribution is 0.0251. The third kappa shape index (κ3) is 2.48. The van der Waals surface area contributed by atoms with Crippen molar-refractivity contribution in [3.05, 3.63) is 0 Å². The highest BCUT2D eigenvalue weighted by atomic mass is 16.6. The van der Waals surface area contributed by atoms with Crippen molar-refractivity contribution in [3.63, 3.8) is 0 Å². The third-order valence-electron chi connectivity index (χ3n) is 3.53. The molecule has 16 heavy (non-hydrogen) atoms. The summed E-state index contributed by atoms with van der Waals surface area (Å²) in [6.45, 7) is 7.21. The fourth-order valence-corrected chi connectivity index (χ4v) is 2.37. The Morgan fingerprint density at radius 2 is 2.12 bits per heavy atom. The van der Waals surface area contributed by atoms with Crippen LogP contribution in [-0.4, -0.2) is 35.2 Å². The molecular weight excluding hydrogens is 204 g/mol. The Bertz CT molecular complexity index is 298. The van der Waals surface area contributed by atoms with E-state index in [2.05, 4.69) is 0 Å². The van der Waals surface area contributed by atoms with Crippen LogP contribution in [-0.2, 0) is 4.74 Å². The zero-order valence-electron chi connectivity index (χ0n) is 10.5. The van der Waals surface area contributed by atoms with Gasteiger partial charge in [0, 0.05) is 18.6 Å². The molecule has 0 spiro atoms. The summed E-state index contributed by atoms with van der Waals surface area (Å²) in [5.41, 5.74) is 5.78. The fraction of sp³-hybridized carbons (Fsp3) is 0.917. The zero-order chi connectivity index (χ0) is 12.0. The molecule has 1 saturated carbocycles. The number of nitrogens with zero attached hydrogens (tertiary/aromatic N) is 1. The molecule has 0 aromatic carbocycles. The highest BCUT2D eigenvalue weighted by Gasteiger charge is 2.51. The lowest BCUT2D eigenvalue weighted by Crippen LogP contribution is -2.38. The fourth-order valence-electron chi connectivity index (χ4n) is 2.37. The van der Waals surface area contributed by atoms with E-state index in [1.807, 2.05) is 20.8 Å². The second kappa shape index (κ2) is 3.62. The van der Waals surface area contributed by atoms with Gasteiger partial charge in [0.05, 0.1) is 0 Å². The predicted molar refractivity (Wildman–Crippen MR) is 62.1 cm³/mol. The third-order valence-corrected chi connectivity index (χ3v) is 3.53. The van der Waals surface area contributed by atoms with Gasteiger partial charge in [-0.2, -0.15) is 0 Å². The smallest absolute Gasteiger partial charge is 0.410 e. The molecule has 1 aliphatic carbocycles. The lowest BCUT2D eigenvalue weighted by atomic mass is 10.1. The molecule has 2 N–H and O–H groups in total. The minimum Gasteiger partial charge on any atom is -0.444 e. The number of ether oxygens (including phenoxy) is 1. The van der Waals surface area contributed by atoms with Crippen LogP contribution >= 0.6 is 0 Å². The molecule has 92 valence electrons. The molecule has 0 aromatic heterocycles. The van der Waals surface area contributed by atoms with Crippen LogP contribution in [0.3, 0.4) is 0 Å². The molecule has 2 fully saturated rings. The summed E-state index contributed by atoms with van der Waals surface area (Å²) in [7, 11) is 0. The van der Waals surface area contributed by atoms with Crippen molar-refractivity contribution in [2.24, 2.45) is 11.7 Å². The van der Waals surface area contributed by atoms with Gasteiger partial charge in [0.25, 0.3) is 0 Å². The van der Waals surface area contributed by atoms with Gasteiger partial charge in [-0.1, -0.05) is 0 Å². The summed E-state index contributed by atoms with van der Waals surface area (Å²) in [5, 5.41) is 0. The average Bonchev–Trinajstić information content (AvgIpc) is 2.73. The van der Waals surface area contributed by atoms with E-state index in [-0.39, 0.29) is 11.6 Å². The maximum absolute atomic E-state index is 11.9. The molecule has 0 bridgehead atoms. The molecule has 4 nitrogen and oxygen atoms in total. The van der Waals surface area contributed by atoms with Crippen LogP contribution in [0.25, 0.3) is 0 Å². The van der Waals surface area contributed by atoms with Gasteiger partial charge in [0.1, 0.15) is 5.60 Å². The Hall–Kier alpha value is -0.770. The quantitative estimate of drug-likeness (QED) is 0.684. The maximum atomic E-state index is 11.9. The van der Waals surface area contributed by atoms with Crippen molar-refractivity contribution in [2.45, 2.75) is 51.2 Å². The maximum Gasteiger partial charge on any atom is 0.410 e. The number of rotatable bonds is 0. The van der Waals surface area contributed by atoms with E-state index in [0.717, 1.165) is 32.4 Å². The van der Waals surface area contributed by atoms with E-state index < -0.39 is 5.60 Å². The van der Waals surface area contributed by atoms with Crippen molar-refractivity contribution in [1.82, 2.24) is 4.90 Å². The van der Waals surface area contributed by atoms with Crippen LogP contribution in [0.15, 0.2) is 0 Å². The van der Waals surface area contributed by atoms with Crippen molar-refractivity contribution >= 4 is 6.09 Å². The van der Waals surface area contributed by atoms with Gasteiger partial charge < -0.3 is 15.4 Å². The highest BCUT2D eigenvalue weighted by Crippen LogP contribution is 2.47. The summed E-state index contributed by atoms with van der Waals surface area (Å²) in [6, 6.07) is 0. The van der Waals surface area contributed by atoms with Gasteiger partial charge in [-0.15, -0.1) is 0 Å². The number of amides is 1. The van der Waals surface area contributed by atoms with Crippen molar-refractivity contribution < 1.29 is 9.53 Å². The molecule has 0 aromatic rings.